The van der Waals surface area contributed by atoms with Gasteiger partial charge in [-0.25, -0.2) is 0 Å². The second-order valence-corrected chi connectivity index (χ2v) is 5.31. The average Bonchev–Trinajstić information content (AvgIpc) is 2.75. The van der Waals surface area contributed by atoms with Gasteiger partial charge in [-0.2, -0.15) is 0 Å². The molecule has 1 amide bonds. The lowest BCUT2D eigenvalue weighted by Gasteiger charge is -2.17. The minimum absolute atomic E-state index is 0.0529. The first-order valence-electron chi connectivity index (χ1n) is 6.83. The number of pyridine rings is 1. The van der Waals surface area contributed by atoms with E-state index in [-0.39, 0.29) is 5.56 Å². The molecule has 1 aliphatic rings. The molecule has 5 nitrogen and oxygen atoms in total. The molecule has 21 heavy (non-hydrogen) atoms. The van der Waals surface area contributed by atoms with Gasteiger partial charge in [0.15, 0.2) is 0 Å². The molecule has 2 atom stereocenters. The van der Waals surface area contributed by atoms with Gasteiger partial charge in [-0.3, -0.25) is 9.59 Å². The number of H-pyrrole nitrogens is 1. The van der Waals surface area contributed by atoms with Gasteiger partial charge in [-0.1, -0.05) is 24.3 Å². The second-order valence-electron chi connectivity index (χ2n) is 5.31. The van der Waals surface area contributed by atoms with Crippen molar-refractivity contribution in [2.24, 2.45) is 0 Å². The third-order valence-corrected chi connectivity index (χ3v) is 3.79. The molecule has 5 heteroatoms. The topological polar surface area (TPSA) is 82.2 Å². The third kappa shape index (κ3) is 2.48. The highest BCUT2D eigenvalue weighted by atomic mass is 16.3. The first-order valence-corrected chi connectivity index (χ1v) is 6.83. The summed E-state index contributed by atoms with van der Waals surface area (Å²) in [5, 5.41) is 12.9. The second kappa shape index (κ2) is 5.18. The van der Waals surface area contributed by atoms with E-state index in [0.29, 0.717) is 12.1 Å². The Morgan fingerprint density at radius 2 is 2.05 bits per heavy atom. The van der Waals surface area contributed by atoms with Crippen LogP contribution >= 0.6 is 0 Å². The molecular formula is C16H16N2O3. The highest BCUT2D eigenvalue weighted by molar-refractivity contribution is 5.94. The first kappa shape index (κ1) is 13.6. The van der Waals surface area contributed by atoms with Crippen LogP contribution in [0.25, 0.3) is 0 Å². The predicted molar refractivity (Wildman–Crippen MR) is 78.2 cm³/mol. The number of amides is 1. The minimum atomic E-state index is -0.670. The molecule has 0 spiro atoms. The van der Waals surface area contributed by atoms with Crippen molar-refractivity contribution in [1.82, 2.24) is 10.3 Å². The molecule has 0 bridgehead atoms. The van der Waals surface area contributed by atoms with Crippen molar-refractivity contribution in [3.05, 3.63) is 69.1 Å². The molecule has 3 N–H and O–H groups in total. The van der Waals surface area contributed by atoms with Crippen molar-refractivity contribution < 1.29 is 9.90 Å². The maximum absolute atomic E-state index is 12.2. The van der Waals surface area contributed by atoms with E-state index in [1.54, 1.807) is 13.0 Å². The largest absolute Gasteiger partial charge is 0.390 e. The summed E-state index contributed by atoms with van der Waals surface area (Å²) >= 11 is 0. The summed E-state index contributed by atoms with van der Waals surface area (Å²) < 4.78 is 0. The van der Waals surface area contributed by atoms with Crippen molar-refractivity contribution >= 4 is 5.91 Å². The number of rotatable bonds is 2. The number of hydrogen-bond donors (Lipinski definition) is 3. The number of aliphatic hydroxyl groups is 1. The molecule has 0 fully saturated rings. The SMILES string of the molecule is Cc1ccc(C(=O)NC2c3ccccc3CC2O)c(=O)[nH]1. The van der Waals surface area contributed by atoms with Gasteiger partial charge in [0.05, 0.1) is 12.1 Å². The zero-order valence-electron chi connectivity index (χ0n) is 11.6. The number of fused-ring (bicyclic) bond motifs is 1. The molecule has 0 aliphatic heterocycles. The summed E-state index contributed by atoms with van der Waals surface area (Å²) in [5.41, 5.74) is 2.25. The minimum Gasteiger partial charge on any atom is -0.390 e. The number of carbonyl (C=O) groups excluding carboxylic acids is 1. The Hall–Kier alpha value is -2.40. The lowest BCUT2D eigenvalue weighted by Crippen LogP contribution is -2.36. The molecule has 1 aliphatic carbocycles. The van der Waals surface area contributed by atoms with Crippen molar-refractivity contribution in [3.63, 3.8) is 0 Å². The Labute approximate surface area is 121 Å². The van der Waals surface area contributed by atoms with Gasteiger partial charge in [0, 0.05) is 12.1 Å². The van der Waals surface area contributed by atoms with Gasteiger partial charge in [-0.15, -0.1) is 0 Å². The van der Waals surface area contributed by atoms with E-state index in [2.05, 4.69) is 10.3 Å². The lowest BCUT2D eigenvalue weighted by molar-refractivity contribution is 0.0856. The first-order chi connectivity index (χ1) is 10.1. The average molecular weight is 284 g/mol. The zero-order chi connectivity index (χ0) is 15.0. The van der Waals surface area contributed by atoms with Crippen molar-refractivity contribution in [2.75, 3.05) is 0 Å². The van der Waals surface area contributed by atoms with Crippen LogP contribution in [-0.4, -0.2) is 22.1 Å². The van der Waals surface area contributed by atoms with Gasteiger partial charge in [-0.05, 0) is 30.2 Å². The molecule has 1 aromatic heterocycles. The molecular weight excluding hydrogens is 268 g/mol. The van der Waals surface area contributed by atoms with E-state index in [0.717, 1.165) is 11.1 Å². The van der Waals surface area contributed by atoms with Crippen LogP contribution < -0.4 is 10.9 Å². The van der Waals surface area contributed by atoms with E-state index in [4.69, 9.17) is 0 Å². The summed E-state index contributed by atoms with van der Waals surface area (Å²) in [6, 6.07) is 10.3. The normalized spacial score (nSPS) is 20.1. The fraction of sp³-hybridized carbons (Fsp3) is 0.250. The van der Waals surface area contributed by atoms with Crippen LogP contribution in [0.5, 0.6) is 0 Å². The van der Waals surface area contributed by atoms with Crippen LogP contribution in [0, 0.1) is 6.92 Å². The summed E-state index contributed by atoms with van der Waals surface area (Å²) in [4.78, 5) is 26.6. The van der Waals surface area contributed by atoms with Crippen LogP contribution in [-0.2, 0) is 6.42 Å². The Balaban J connectivity index is 1.87. The summed E-state index contributed by atoms with van der Waals surface area (Å²) in [6.45, 7) is 1.75. The molecule has 0 saturated carbocycles. The smallest absolute Gasteiger partial charge is 0.260 e. The number of aromatic amines is 1. The number of hydrogen-bond acceptors (Lipinski definition) is 3. The Kier molecular flexibility index (Phi) is 3.35. The van der Waals surface area contributed by atoms with E-state index < -0.39 is 23.6 Å². The fourth-order valence-corrected chi connectivity index (χ4v) is 2.72. The number of nitrogens with one attached hydrogen (secondary N) is 2. The highest BCUT2D eigenvalue weighted by Gasteiger charge is 2.32. The molecule has 108 valence electrons. The lowest BCUT2D eigenvalue weighted by atomic mass is 10.1. The number of aliphatic hydroxyl groups excluding tert-OH is 1. The van der Waals surface area contributed by atoms with Gasteiger partial charge < -0.3 is 15.4 Å². The molecule has 1 aromatic carbocycles. The summed E-state index contributed by atoms with van der Waals surface area (Å²) in [5.74, 6) is -0.475. The molecule has 2 unspecified atom stereocenters. The molecule has 0 saturated heterocycles. The maximum atomic E-state index is 12.2. The quantitative estimate of drug-likeness (QED) is 0.771. The van der Waals surface area contributed by atoms with Gasteiger partial charge in [0.2, 0.25) is 0 Å². The Morgan fingerprint density at radius 3 is 2.81 bits per heavy atom. The summed E-state index contributed by atoms with van der Waals surface area (Å²) in [6.07, 6.45) is -0.165. The zero-order valence-corrected chi connectivity index (χ0v) is 11.6. The van der Waals surface area contributed by atoms with Crippen molar-refractivity contribution in [2.45, 2.75) is 25.5 Å². The molecule has 1 heterocycles. The predicted octanol–water partition coefficient (Wildman–Crippen LogP) is 1.07. The van der Waals surface area contributed by atoms with Crippen LogP contribution in [0.15, 0.2) is 41.2 Å². The maximum Gasteiger partial charge on any atom is 0.260 e. The van der Waals surface area contributed by atoms with Crippen LogP contribution in [0.2, 0.25) is 0 Å². The van der Waals surface area contributed by atoms with Crippen LogP contribution in [0.4, 0.5) is 0 Å². The van der Waals surface area contributed by atoms with Crippen LogP contribution in [0.1, 0.15) is 33.2 Å². The van der Waals surface area contributed by atoms with Gasteiger partial charge >= 0.3 is 0 Å². The number of aryl methyl sites for hydroxylation is 1. The van der Waals surface area contributed by atoms with Crippen molar-refractivity contribution in [1.29, 1.82) is 0 Å². The van der Waals surface area contributed by atoms with Crippen LogP contribution in [0.3, 0.4) is 0 Å². The van der Waals surface area contributed by atoms with E-state index >= 15 is 0 Å². The monoisotopic (exact) mass is 284 g/mol. The molecule has 2 aromatic rings. The third-order valence-electron chi connectivity index (χ3n) is 3.79. The highest BCUT2D eigenvalue weighted by Crippen LogP contribution is 2.31. The van der Waals surface area contributed by atoms with Crippen molar-refractivity contribution in [3.8, 4) is 0 Å². The summed E-state index contributed by atoms with van der Waals surface area (Å²) in [7, 11) is 0. The number of aromatic nitrogens is 1. The molecule has 0 radical (unpaired) electrons. The number of carbonyl (C=O) groups is 1. The Morgan fingerprint density at radius 1 is 1.29 bits per heavy atom. The van der Waals surface area contributed by atoms with E-state index in [9.17, 15) is 14.7 Å². The van der Waals surface area contributed by atoms with E-state index in [1.165, 1.54) is 6.07 Å². The molecule has 3 rings (SSSR count). The van der Waals surface area contributed by atoms with Gasteiger partial charge in [0.1, 0.15) is 5.56 Å². The van der Waals surface area contributed by atoms with E-state index in [1.807, 2.05) is 24.3 Å². The van der Waals surface area contributed by atoms with Gasteiger partial charge in [0.25, 0.3) is 11.5 Å². The fourth-order valence-electron chi connectivity index (χ4n) is 2.72. The Bertz CT molecular complexity index is 751. The standard InChI is InChI=1S/C16H16N2O3/c1-9-6-7-12(15(20)17-9)16(21)18-14-11-5-3-2-4-10(11)8-13(14)19/h2-7,13-14,19H,8H2,1H3,(H,17,20)(H,18,21). The number of benzene rings is 1.